The predicted molar refractivity (Wildman–Crippen MR) is 108 cm³/mol. The molecule has 3 rings (SSSR count). The fourth-order valence-corrected chi connectivity index (χ4v) is 2.73. The smallest absolute Gasteiger partial charge is 0.269 e. The number of nitrogens with zero attached hydrogens (tertiary/aromatic N) is 1. The van der Waals surface area contributed by atoms with Crippen LogP contribution < -0.4 is 10.1 Å². The zero-order valence-electron chi connectivity index (χ0n) is 15.2. The van der Waals surface area contributed by atoms with Gasteiger partial charge < -0.3 is 10.1 Å². The molecule has 0 heterocycles. The first-order valence-electron chi connectivity index (χ1n) is 8.95. The molecular formula is C22H20N2O4. The molecular weight excluding hydrogens is 356 g/mol. The lowest BCUT2D eigenvalue weighted by Gasteiger charge is -2.12. The highest BCUT2D eigenvalue weighted by Gasteiger charge is 2.12. The van der Waals surface area contributed by atoms with Crippen LogP contribution in [0.4, 0.5) is 11.4 Å². The van der Waals surface area contributed by atoms with E-state index in [1.807, 2.05) is 30.3 Å². The summed E-state index contributed by atoms with van der Waals surface area (Å²) >= 11 is 0. The van der Waals surface area contributed by atoms with E-state index in [9.17, 15) is 14.9 Å². The van der Waals surface area contributed by atoms with E-state index in [0.717, 1.165) is 12.8 Å². The van der Waals surface area contributed by atoms with Gasteiger partial charge in [0.1, 0.15) is 5.75 Å². The number of nitrogens with one attached hydrogen (secondary N) is 1. The first-order chi connectivity index (χ1) is 13.6. The van der Waals surface area contributed by atoms with E-state index in [1.165, 1.54) is 29.8 Å². The molecule has 1 amide bonds. The van der Waals surface area contributed by atoms with Crippen molar-refractivity contribution in [3.05, 3.63) is 100 Å². The molecule has 0 aliphatic carbocycles. The van der Waals surface area contributed by atoms with Gasteiger partial charge in [0.2, 0.25) is 0 Å². The van der Waals surface area contributed by atoms with E-state index in [2.05, 4.69) is 17.4 Å². The van der Waals surface area contributed by atoms with Crippen LogP contribution in [0.2, 0.25) is 0 Å². The molecule has 0 aromatic heterocycles. The number of hydrogen-bond acceptors (Lipinski definition) is 4. The molecule has 0 aliphatic heterocycles. The third-order valence-corrected chi connectivity index (χ3v) is 4.19. The Kier molecular flexibility index (Phi) is 6.36. The van der Waals surface area contributed by atoms with E-state index in [4.69, 9.17) is 4.74 Å². The minimum absolute atomic E-state index is 0.0568. The Bertz CT molecular complexity index is 940. The van der Waals surface area contributed by atoms with Gasteiger partial charge in [0.05, 0.1) is 17.2 Å². The van der Waals surface area contributed by atoms with Crippen LogP contribution in [-0.4, -0.2) is 17.4 Å². The number of hydrogen-bond donors (Lipinski definition) is 1. The van der Waals surface area contributed by atoms with Crippen LogP contribution in [-0.2, 0) is 6.42 Å². The normalized spacial score (nSPS) is 10.3. The second-order valence-corrected chi connectivity index (χ2v) is 6.19. The molecule has 0 radical (unpaired) electrons. The Labute approximate surface area is 162 Å². The lowest BCUT2D eigenvalue weighted by molar-refractivity contribution is -0.384. The average molecular weight is 376 g/mol. The third kappa shape index (κ3) is 5.17. The summed E-state index contributed by atoms with van der Waals surface area (Å²) in [5.41, 5.74) is 2.10. The number of rotatable bonds is 8. The molecule has 6 heteroatoms. The highest BCUT2D eigenvalue weighted by atomic mass is 16.6. The van der Waals surface area contributed by atoms with Crippen LogP contribution in [0.5, 0.6) is 5.75 Å². The van der Waals surface area contributed by atoms with E-state index < -0.39 is 4.92 Å². The summed E-state index contributed by atoms with van der Waals surface area (Å²) in [6.45, 7) is 0.527. The molecule has 0 saturated heterocycles. The summed E-state index contributed by atoms with van der Waals surface area (Å²) < 4.78 is 5.84. The van der Waals surface area contributed by atoms with Gasteiger partial charge >= 0.3 is 0 Å². The number of nitro groups is 1. The molecule has 0 aliphatic rings. The van der Waals surface area contributed by atoms with Gasteiger partial charge in [0, 0.05) is 17.7 Å². The van der Waals surface area contributed by atoms with E-state index in [0.29, 0.717) is 23.6 Å². The van der Waals surface area contributed by atoms with Crippen LogP contribution in [0.25, 0.3) is 0 Å². The van der Waals surface area contributed by atoms with E-state index in [1.54, 1.807) is 12.1 Å². The summed E-state index contributed by atoms with van der Waals surface area (Å²) in [5.74, 6) is 0.237. The van der Waals surface area contributed by atoms with E-state index >= 15 is 0 Å². The lowest BCUT2D eigenvalue weighted by Crippen LogP contribution is -2.13. The van der Waals surface area contributed by atoms with Crippen molar-refractivity contribution < 1.29 is 14.5 Å². The molecule has 0 atom stereocenters. The molecule has 3 aromatic carbocycles. The van der Waals surface area contributed by atoms with Crippen molar-refractivity contribution in [2.75, 3.05) is 11.9 Å². The first-order valence-corrected chi connectivity index (χ1v) is 8.95. The first kappa shape index (κ1) is 19.1. The Hall–Kier alpha value is -3.67. The fourth-order valence-electron chi connectivity index (χ4n) is 2.73. The topological polar surface area (TPSA) is 81.5 Å². The van der Waals surface area contributed by atoms with Gasteiger partial charge in [-0.05, 0) is 42.7 Å². The van der Waals surface area contributed by atoms with Gasteiger partial charge in [-0.1, -0.05) is 42.5 Å². The van der Waals surface area contributed by atoms with Crippen molar-refractivity contribution in [1.29, 1.82) is 0 Å². The van der Waals surface area contributed by atoms with Crippen molar-refractivity contribution in [2.24, 2.45) is 0 Å². The quantitative estimate of drug-likeness (QED) is 0.346. The van der Waals surface area contributed by atoms with Crippen LogP contribution >= 0.6 is 0 Å². The molecule has 28 heavy (non-hydrogen) atoms. The number of aryl methyl sites for hydroxylation is 1. The zero-order chi connectivity index (χ0) is 19.8. The molecule has 0 unspecified atom stereocenters. The number of para-hydroxylation sites is 2. The number of non-ortho nitro benzene ring substituents is 1. The monoisotopic (exact) mass is 376 g/mol. The number of benzene rings is 3. The molecule has 142 valence electrons. The van der Waals surface area contributed by atoms with Gasteiger partial charge in [-0.15, -0.1) is 0 Å². The van der Waals surface area contributed by atoms with Crippen LogP contribution in [0, 0.1) is 10.1 Å². The Morgan fingerprint density at radius 3 is 2.32 bits per heavy atom. The summed E-state index contributed by atoms with van der Waals surface area (Å²) in [4.78, 5) is 22.6. The number of nitro benzene ring substituents is 1. The number of carbonyl (C=O) groups is 1. The van der Waals surface area contributed by atoms with Crippen molar-refractivity contribution in [2.45, 2.75) is 12.8 Å². The largest absolute Gasteiger partial charge is 0.491 e. The van der Waals surface area contributed by atoms with Crippen molar-refractivity contribution in [3.8, 4) is 5.75 Å². The Morgan fingerprint density at radius 2 is 1.61 bits per heavy atom. The van der Waals surface area contributed by atoms with Gasteiger partial charge in [-0.3, -0.25) is 14.9 Å². The number of carbonyl (C=O) groups excluding carboxylic acids is 1. The molecule has 0 bridgehead atoms. The van der Waals surface area contributed by atoms with Gasteiger partial charge in [0.15, 0.2) is 0 Å². The maximum absolute atomic E-state index is 12.4. The average Bonchev–Trinajstić information content (AvgIpc) is 2.73. The Balaban J connectivity index is 1.58. The van der Waals surface area contributed by atoms with Gasteiger partial charge in [0.25, 0.3) is 11.6 Å². The minimum Gasteiger partial charge on any atom is -0.491 e. The summed E-state index contributed by atoms with van der Waals surface area (Å²) in [5, 5.41) is 13.5. The molecule has 3 aromatic rings. The molecule has 0 spiro atoms. The Morgan fingerprint density at radius 1 is 0.929 bits per heavy atom. The zero-order valence-corrected chi connectivity index (χ0v) is 15.2. The maximum atomic E-state index is 12.4. The highest BCUT2D eigenvalue weighted by Crippen LogP contribution is 2.25. The maximum Gasteiger partial charge on any atom is 0.269 e. The highest BCUT2D eigenvalue weighted by molar-refractivity contribution is 6.05. The summed E-state index contributed by atoms with van der Waals surface area (Å²) in [6.07, 6.45) is 1.77. The van der Waals surface area contributed by atoms with Crippen LogP contribution in [0.1, 0.15) is 22.3 Å². The fraction of sp³-hybridized carbons (Fsp3) is 0.136. The predicted octanol–water partition coefficient (Wildman–Crippen LogP) is 4.86. The van der Waals surface area contributed by atoms with Crippen molar-refractivity contribution in [3.63, 3.8) is 0 Å². The summed E-state index contributed by atoms with van der Waals surface area (Å²) in [6, 6.07) is 22.9. The lowest BCUT2D eigenvalue weighted by atomic mass is 10.1. The molecule has 6 nitrogen and oxygen atoms in total. The van der Waals surface area contributed by atoms with Gasteiger partial charge in [-0.25, -0.2) is 0 Å². The number of amides is 1. The van der Waals surface area contributed by atoms with Crippen LogP contribution in [0.15, 0.2) is 78.9 Å². The standard InChI is InChI=1S/C22H20N2O4/c25-22(18-12-14-19(15-13-18)24(26)27)23-20-10-4-5-11-21(20)28-16-6-9-17-7-2-1-3-8-17/h1-5,7-8,10-15H,6,9,16H2,(H,23,25). The SMILES string of the molecule is O=C(Nc1ccccc1OCCCc1ccccc1)c1ccc([N+](=O)[O-])cc1. The summed E-state index contributed by atoms with van der Waals surface area (Å²) in [7, 11) is 0. The second-order valence-electron chi connectivity index (χ2n) is 6.19. The number of anilines is 1. The van der Waals surface area contributed by atoms with Crippen LogP contribution in [0.3, 0.4) is 0 Å². The third-order valence-electron chi connectivity index (χ3n) is 4.19. The molecule has 0 saturated carbocycles. The van der Waals surface area contributed by atoms with Crippen molar-refractivity contribution >= 4 is 17.3 Å². The van der Waals surface area contributed by atoms with Crippen molar-refractivity contribution in [1.82, 2.24) is 0 Å². The number of ether oxygens (including phenoxy) is 1. The minimum atomic E-state index is -0.500. The second kappa shape index (κ2) is 9.32. The van der Waals surface area contributed by atoms with E-state index in [-0.39, 0.29) is 11.6 Å². The molecule has 0 fully saturated rings. The molecule has 1 N–H and O–H groups in total. The van der Waals surface area contributed by atoms with Gasteiger partial charge in [-0.2, -0.15) is 0 Å².